The number of aryl methyl sites for hydroxylation is 1. The minimum absolute atomic E-state index is 0.0218. The van der Waals surface area contributed by atoms with Crippen molar-refractivity contribution >= 4 is 11.8 Å². The Kier molecular flexibility index (Phi) is 6.11. The average molecular weight is 386 g/mol. The smallest absolute Gasteiger partial charge is 0.244 e. The number of rotatable bonds is 5. The van der Waals surface area contributed by atoms with E-state index in [1.165, 1.54) is 12.1 Å². The first-order valence-corrected chi connectivity index (χ1v) is 9.65. The molecule has 1 atom stereocenters. The zero-order valence-corrected chi connectivity index (χ0v) is 16.6. The van der Waals surface area contributed by atoms with Crippen LogP contribution in [0.15, 0.2) is 36.5 Å². The fraction of sp³-hybridized carbons (Fsp3) is 0.476. The lowest BCUT2D eigenvalue weighted by Gasteiger charge is -2.34. The van der Waals surface area contributed by atoms with Crippen molar-refractivity contribution in [3.63, 3.8) is 0 Å². The maximum absolute atomic E-state index is 13.2. The Hall–Kier alpha value is -2.70. The van der Waals surface area contributed by atoms with Crippen molar-refractivity contribution in [1.82, 2.24) is 19.6 Å². The third-order valence-electron chi connectivity index (χ3n) is 5.33. The van der Waals surface area contributed by atoms with Gasteiger partial charge in [-0.05, 0) is 36.6 Å². The van der Waals surface area contributed by atoms with Crippen LogP contribution in [0, 0.1) is 18.7 Å². The molecule has 1 fully saturated rings. The normalized spacial score (nSPS) is 17.9. The van der Waals surface area contributed by atoms with Crippen molar-refractivity contribution in [1.29, 1.82) is 0 Å². The van der Waals surface area contributed by atoms with Gasteiger partial charge in [0.2, 0.25) is 11.8 Å². The molecule has 1 aliphatic heterocycles. The molecule has 0 bridgehead atoms. The first-order chi connectivity index (χ1) is 13.3. The second-order valence-corrected chi connectivity index (χ2v) is 7.68. The molecule has 0 saturated carbocycles. The van der Waals surface area contributed by atoms with Crippen LogP contribution >= 0.6 is 0 Å². The van der Waals surface area contributed by atoms with Gasteiger partial charge in [-0.2, -0.15) is 5.10 Å². The van der Waals surface area contributed by atoms with E-state index in [-0.39, 0.29) is 42.6 Å². The molecule has 0 aliphatic carbocycles. The van der Waals surface area contributed by atoms with Gasteiger partial charge in [0.15, 0.2) is 0 Å². The van der Waals surface area contributed by atoms with Gasteiger partial charge >= 0.3 is 0 Å². The van der Waals surface area contributed by atoms with Crippen LogP contribution in [0.2, 0.25) is 0 Å². The fourth-order valence-corrected chi connectivity index (χ4v) is 3.56. The summed E-state index contributed by atoms with van der Waals surface area (Å²) in [7, 11) is 0. The van der Waals surface area contributed by atoms with Crippen LogP contribution in [0.4, 0.5) is 4.39 Å². The molecule has 0 radical (unpaired) electrons. The summed E-state index contributed by atoms with van der Waals surface area (Å²) < 4.78 is 14.9. The molecule has 1 aliphatic rings. The summed E-state index contributed by atoms with van der Waals surface area (Å²) in [6.45, 7) is 7.51. The molecule has 0 unspecified atom stereocenters. The molecule has 0 N–H and O–H groups in total. The van der Waals surface area contributed by atoms with E-state index in [2.05, 4.69) is 18.9 Å². The first kappa shape index (κ1) is 20.0. The predicted molar refractivity (Wildman–Crippen MR) is 104 cm³/mol. The third kappa shape index (κ3) is 4.58. The predicted octanol–water partition coefficient (Wildman–Crippen LogP) is 2.62. The molecular weight excluding hydrogens is 359 g/mol. The zero-order chi connectivity index (χ0) is 20.3. The molecule has 1 aromatic carbocycles. The van der Waals surface area contributed by atoms with E-state index in [4.69, 9.17) is 0 Å². The molecule has 0 spiro atoms. The maximum Gasteiger partial charge on any atom is 0.244 e. The standard InChI is InChI=1S/C21H27FN4O2/c1-15(2)19-13-24(21(28)14-26-16(3)8-10-23-26)11-9-20(27)25(19)12-17-4-6-18(22)7-5-17/h4-8,10,15,19H,9,11-14H2,1-3H3/t19-/m0/s1. The van der Waals surface area contributed by atoms with Crippen molar-refractivity contribution in [3.05, 3.63) is 53.6 Å². The maximum atomic E-state index is 13.2. The monoisotopic (exact) mass is 386 g/mol. The minimum Gasteiger partial charge on any atom is -0.338 e. The Bertz CT molecular complexity index is 831. The largest absolute Gasteiger partial charge is 0.338 e. The number of halogens is 1. The number of carbonyl (C=O) groups is 2. The summed E-state index contributed by atoms with van der Waals surface area (Å²) in [6, 6.07) is 7.99. The van der Waals surface area contributed by atoms with Crippen LogP contribution in [-0.2, 0) is 22.7 Å². The molecule has 1 saturated heterocycles. The number of hydrogen-bond donors (Lipinski definition) is 0. The first-order valence-electron chi connectivity index (χ1n) is 9.65. The lowest BCUT2D eigenvalue weighted by atomic mass is 10.0. The van der Waals surface area contributed by atoms with E-state index >= 15 is 0 Å². The van der Waals surface area contributed by atoms with Crippen LogP contribution in [0.3, 0.4) is 0 Å². The molecule has 1 aromatic heterocycles. The van der Waals surface area contributed by atoms with Gasteiger partial charge in [0.05, 0.1) is 6.04 Å². The van der Waals surface area contributed by atoms with E-state index in [0.717, 1.165) is 11.3 Å². The van der Waals surface area contributed by atoms with Gasteiger partial charge in [0.1, 0.15) is 12.4 Å². The van der Waals surface area contributed by atoms with Crippen LogP contribution < -0.4 is 0 Å². The van der Waals surface area contributed by atoms with Crippen LogP contribution in [0.5, 0.6) is 0 Å². The highest BCUT2D eigenvalue weighted by atomic mass is 19.1. The van der Waals surface area contributed by atoms with Gasteiger partial charge in [-0.15, -0.1) is 0 Å². The summed E-state index contributed by atoms with van der Waals surface area (Å²) in [5.41, 5.74) is 1.81. The lowest BCUT2D eigenvalue weighted by molar-refractivity contribution is -0.134. The van der Waals surface area contributed by atoms with Crippen molar-refractivity contribution in [2.75, 3.05) is 13.1 Å². The Morgan fingerprint density at radius 3 is 2.57 bits per heavy atom. The zero-order valence-electron chi connectivity index (χ0n) is 16.6. The Morgan fingerprint density at radius 2 is 1.96 bits per heavy atom. The molecule has 2 aromatic rings. The van der Waals surface area contributed by atoms with E-state index in [1.807, 2.05) is 17.9 Å². The molecule has 28 heavy (non-hydrogen) atoms. The summed E-state index contributed by atoms with van der Waals surface area (Å²) >= 11 is 0. The van der Waals surface area contributed by atoms with Crippen LogP contribution in [0.1, 0.15) is 31.5 Å². The third-order valence-corrected chi connectivity index (χ3v) is 5.33. The number of benzene rings is 1. The van der Waals surface area contributed by atoms with Gasteiger partial charge in [0.25, 0.3) is 0 Å². The molecule has 7 heteroatoms. The van der Waals surface area contributed by atoms with Gasteiger partial charge in [-0.25, -0.2) is 4.39 Å². The number of hydrogen-bond acceptors (Lipinski definition) is 3. The fourth-order valence-electron chi connectivity index (χ4n) is 3.56. The van der Waals surface area contributed by atoms with E-state index < -0.39 is 0 Å². The van der Waals surface area contributed by atoms with E-state index in [0.29, 0.717) is 19.6 Å². The highest BCUT2D eigenvalue weighted by Gasteiger charge is 2.33. The summed E-state index contributed by atoms with van der Waals surface area (Å²) in [5.74, 6) is -0.122. The molecule has 6 nitrogen and oxygen atoms in total. The molecule has 2 heterocycles. The Morgan fingerprint density at radius 1 is 1.25 bits per heavy atom. The Labute approximate surface area is 164 Å². The van der Waals surface area contributed by atoms with Crippen molar-refractivity contribution < 1.29 is 14.0 Å². The average Bonchev–Trinajstić information content (AvgIpc) is 2.97. The van der Waals surface area contributed by atoms with Gasteiger partial charge < -0.3 is 9.80 Å². The van der Waals surface area contributed by atoms with Gasteiger partial charge in [-0.1, -0.05) is 26.0 Å². The number of aromatic nitrogens is 2. The molecular formula is C21H27FN4O2. The topological polar surface area (TPSA) is 58.4 Å². The summed E-state index contributed by atoms with van der Waals surface area (Å²) in [6.07, 6.45) is 1.96. The SMILES string of the molecule is Cc1ccnn1CC(=O)N1CCC(=O)N(Cc2ccc(F)cc2)[C@H](C(C)C)C1. The highest BCUT2D eigenvalue weighted by Crippen LogP contribution is 2.21. The van der Waals surface area contributed by atoms with E-state index in [9.17, 15) is 14.0 Å². The number of amides is 2. The van der Waals surface area contributed by atoms with Crippen LogP contribution in [-0.4, -0.2) is 50.5 Å². The van der Waals surface area contributed by atoms with Crippen molar-refractivity contribution in [2.24, 2.45) is 5.92 Å². The van der Waals surface area contributed by atoms with Crippen molar-refractivity contribution in [2.45, 2.75) is 46.3 Å². The molecule has 3 rings (SSSR count). The highest BCUT2D eigenvalue weighted by molar-refractivity contribution is 5.80. The van der Waals surface area contributed by atoms with Crippen molar-refractivity contribution in [3.8, 4) is 0 Å². The molecule has 150 valence electrons. The van der Waals surface area contributed by atoms with Gasteiger partial charge in [-0.3, -0.25) is 14.3 Å². The second kappa shape index (κ2) is 8.54. The van der Waals surface area contributed by atoms with E-state index in [1.54, 1.807) is 27.9 Å². The lowest BCUT2D eigenvalue weighted by Crippen LogP contribution is -2.47. The second-order valence-electron chi connectivity index (χ2n) is 7.68. The summed E-state index contributed by atoms with van der Waals surface area (Å²) in [5, 5.41) is 4.18. The molecule has 2 amide bonds. The number of carbonyl (C=O) groups excluding carboxylic acids is 2. The number of nitrogens with zero attached hydrogens (tertiary/aromatic N) is 4. The summed E-state index contributed by atoms with van der Waals surface area (Å²) in [4.78, 5) is 29.3. The van der Waals surface area contributed by atoms with Crippen LogP contribution in [0.25, 0.3) is 0 Å². The minimum atomic E-state index is -0.294. The Balaban J connectivity index is 1.76. The van der Waals surface area contributed by atoms with Gasteiger partial charge in [0, 0.05) is 37.9 Å². The quantitative estimate of drug-likeness (QED) is 0.794.